The van der Waals surface area contributed by atoms with Crippen LogP contribution in [0.3, 0.4) is 0 Å². The van der Waals surface area contributed by atoms with E-state index in [2.05, 4.69) is 34.9 Å². The molecular weight excluding hydrogens is 448 g/mol. The zero-order valence-electron chi connectivity index (χ0n) is 20.5. The molecule has 3 rings (SSSR count). The minimum absolute atomic E-state index is 0.000332. The summed E-state index contributed by atoms with van der Waals surface area (Å²) in [4.78, 5) is 36.0. The molecule has 3 N–H and O–H groups in total. The quantitative estimate of drug-likeness (QED) is 0.422. The van der Waals surface area contributed by atoms with Gasteiger partial charge in [0.15, 0.2) is 0 Å². The van der Waals surface area contributed by atoms with Gasteiger partial charge in [-0.3, -0.25) is 9.59 Å². The molecule has 0 heterocycles. The van der Waals surface area contributed by atoms with Crippen molar-refractivity contribution in [2.45, 2.75) is 51.7 Å². The van der Waals surface area contributed by atoms with Crippen LogP contribution in [0.4, 0.5) is 4.79 Å². The number of carbonyl (C=O) groups excluding carboxylic acids is 2. The smallest absolute Gasteiger partial charge is 0.407 e. The van der Waals surface area contributed by atoms with Gasteiger partial charge in [0, 0.05) is 25.1 Å². The summed E-state index contributed by atoms with van der Waals surface area (Å²) in [5.74, 6) is -1.36. The number of carbonyl (C=O) groups is 3. The third-order valence-corrected chi connectivity index (χ3v) is 6.18. The zero-order valence-corrected chi connectivity index (χ0v) is 20.5. The van der Waals surface area contributed by atoms with Crippen LogP contribution < -0.4 is 10.6 Å². The summed E-state index contributed by atoms with van der Waals surface area (Å²) >= 11 is 0. The van der Waals surface area contributed by atoms with Gasteiger partial charge in [-0.2, -0.15) is 0 Å². The molecule has 0 radical (unpaired) electrons. The first-order chi connectivity index (χ1) is 16.8. The van der Waals surface area contributed by atoms with Crippen LogP contribution in [-0.2, 0) is 19.1 Å². The number of rotatable bonds is 12. The summed E-state index contributed by atoms with van der Waals surface area (Å²) < 4.78 is 11.2. The van der Waals surface area contributed by atoms with Crippen molar-refractivity contribution in [3.05, 3.63) is 59.7 Å². The minimum Gasteiger partial charge on any atom is -0.481 e. The van der Waals surface area contributed by atoms with E-state index in [0.29, 0.717) is 6.61 Å². The number of ether oxygens (including phenoxy) is 2. The molecular formula is C27H34N2O6. The number of benzene rings is 2. The number of alkyl carbamates (subject to hydrolysis) is 1. The molecule has 2 amide bonds. The van der Waals surface area contributed by atoms with Crippen molar-refractivity contribution in [1.29, 1.82) is 0 Å². The summed E-state index contributed by atoms with van der Waals surface area (Å²) in [5.41, 5.74) is 4.57. The summed E-state index contributed by atoms with van der Waals surface area (Å²) in [6.07, 6.45) is -1.29. The summed E-state index contributed by atoms with van der Waals surface area (Å²) in [6, 6.07) is 15.8. The number of hydrogen-bond acceptors (Lipinski definition) is 5. The van der Waals surface area contributed by atoms with Gasteiger partial charge in [-0.1, -0.05) is 62.4 Å². The first-order valence-corrected chi connectivity index (χ1v) is 12.0. The van der Waals surface area contributed by atoms with E-state index in [1.807, 2.05) is 38.1 Å². The van der Waals surface area contributed by atoms with Gasteiger partial charge in [-0.25, -0.2) is 4.79 Å². The molecule has 0 saturated carbocycles. The molecule has 0 bridgehead atoms. The molecule has 0 aromatic heterocycles. The van der Waals surface area contributed by atoms with E-state index in [-0.39, 0.29) is 43.7 Å². The first-order valence-electron chi connectivity index (χ1n) is 12.0. The van der Waals surface area contributed by atoms with Crippen molar-refractivity contribution in [2.24, 2.45) is 5.92 Å². The zero-order chi connectivity index (χ0) is 25.4. The van der Waals surface area contributed by atoms with Crippen LogP contribution in [0.5, 0.6) is 0 Å². The fourth-order valence-corrected chi connectivity index (χ4v) is 4.39. The summed E-state index contributed by atoms with van der Waals surface area (Å²) in [5, 5.41) is 14.5. The molecule has 8 heteroatoms. The van der Waals surface area contributed by atoms with E-state index in [4.69, 9.17) is 14.6 Å². The Kier molecular flexibility index (Phi) is 9.25. The third kappa shape index (κ3) is 7.05. The second kappa shape index (κ2) is 12.4. The molecule has 2 atom stereocenters. The standard InChI is InChI=1S/C27H34N2O6/c1-4-34-18(13-25(30)29-24(17(2)3)14-26(31)32)15-28-27(33)35-16-23-21-11-7-5-9-19(21)20-10-6-8-12-22(20)23/h5-12,17-18,23-24H,4,13-16H2,1-3H3,(H,28,33)(H,29,30)(H,31,32). The largest absolute Gasteiger partial charge is 0.481 e. The Balaban J connectivity index is 1.52. The lowest BCUT2D eigenvalue weighted by Crippen LogP contribution is -2.43. The van der Waals surface area contributed by atoms with Crippen LogP contribution in [-0.4, -0.2) is 55.0 Å². The third-order valence-electron chi connectivity index (χ3n) is 6.18. The summed E-state index contributed by atoms with van der Waals surface area (Å²) in [6.45, 7) is 6.18. The maximum absolute atomic E-state index is 12.5. The van der Waals surface area contributed by atoms with E-state index in [1.54, 1.807) is 6.92 Å². The van der Waals surface area contributed by atoms with Crippen LogP contribution in [0.2, 0.25) is 0 Å². The molecule has 0 aliphatic heterocycles. The topological polar surface area (TPSA) is 114 Å². The van der Waals surface area contributed by atoms with Gasteiger partial charge in [-0.15, -0.1) is 0 Å². The molecule has 2 unspecified atom stereocenters. The normalized spacial score (nSPS) is 14.1. The predicted molar refractivity (Wildman–Crippen MR) is 132 cm³/mol. The SMILES string of the molecule is CCOC(CNC(=O)OCC1c2ccccc2-c2ccccc21)CC(=O)NC(CC(=O)O)C(C)C. The van der Waals surface area contributed by atoms with Gasteiger partial charge in [0.25, 0.3) is 0 Å². The van der Waals surface area contributed by atoms with E-state index in [0.717, 1.165) is 22.3 Å². The number of nitrogens with one attached hydrogen (secondary N) is 2. The second-order valence-electron chi connectivity index (χ2n) is 9.00. The van der Waals surface area contributed by atoms with Crippen molar-refractivity contribution in [1.82, 2.24) is 10.6 Å². The van der Waals surface area contributed by atoms with Gasteiger partial charge in [0.2, 0.25) is 5.91 Å². The van der Waals surface area contributed by atoms with Crippen molar-refractivity contribution >= 4 is 18.0 Å². The highest BCUT2D eigenvalue weighted by molar-refractivity contribution is 5.79. The lowest BCUT2D eigenvalue weighted by atomic mass is 9.98. The number of aliphatic carboxylic acids is 1. The molecule has 2 aromatic rings. The highest BCUT2D eigenvalue weighted by Gasteiger charge is 2.29. The van der Waals surface area contributed by atoms with Gasteiger partial charge < -0.3 is 25.2 Å². The Hall–Kier alpha value is -3.39. The molecule has 1 aliphatic rings. The Morgan fingerprint density at radius 1 is 0.971 bits per heavy atom. The number of amides is 2. The average molecular weight is 483 g/mol. The molecule has 0 saturated heterocycles. The van der Waals surface area contributed by atoms with E-state index in [9.17, 15) is 14.4 Å². The van der Waals surface area contributed by atoms with E-state index in [1.165, 1.54) is 0 Å². The second-order valence-corrected chi connectivity index (χ2v) is 9.00. The van der Waals surface area contributed by atoms with Crippen LogP contribution in [0.15, 0.2) is 48.5 Å². The monoisotopic (exact) mass is 482 g/mol. The Morgan fingerprint density at radius 2 is 1.57 bits per heavy atom. The number of carboxylic acids is 1. The highest BCUT2D eigenvalue weighted by atomic mass is 16.5. The maximum atomic E-state index is 12.5. The number of fused-ring (bicyclic) bond motifs is 3. The Morgan fingerprint density at radius 3 is 2.11 bits per heavy atom. The van der Waals surface area contributed by atoms with E-state index >= 15 is 0 Å². The molecule has 35 heavy (non-hydrogen) atoms. The fourth-order valence-electron chi connectivity index (χ4n) is 4.39. The maximum Gasteiger partial charge on any atom is 0.407 e. The van der Waals surface area contributed by atoms with Crippen molar-refractivity contribution < 1.29 is 29.0 Å². The molecule has 8 nitrogen and oxygen atoms in total. The minimum atomic E-state index is -0.970. The predicted octanol–water partition coefficient (Wildman–Crippen LogP) is 3.94. The average Bonchev–Trinajstić information content (AvgIpc) is 3.14. The number of hydrogen-bond donors (Lipinski definition) is 3. The first kappa shape index (κ1) is 26.2. The van der Waals surface area contributed by atoms with Crippen molar-refractivity contribution in [3.63, 3.8) is 0 Å². The molecule has 0 fully saturated rings. The van der Waals surface area contributed by atoms with Gasteiger partial charge in [0.1, 0.15) is 6.61 Å². The molecule has 1 aliphatic carbocycles. The van der Waals surface area contributed by atoms with E-state index < -0.39 is 24.2 Å². The Bertz CT molecular complexity index is 992. The Labute approximate surface area is 206 Å². The highest BCUT2D eigenvalue weighted by Crippen LogP contribution is 2.44. The molecule has 188 valence electrons. The van der Waals surface area contributed by atoms with Crippen LogP contribution in [0.25, 0.3) is 11.1 Å². The van der Waals surface area contributed by atoms with Crippen molar-refractivity contribution in [3.8, 4) is 11.1 Å². The molecule has 2 aromatic carbocycles. The van der Waals surface area contributed by atoms with Crippen LogP contribution in [0, 0.1) is 5.92 Å². The molecule has 0 spiro atoms. The van der Waals surface area contributed by atoms with Crippen LogP contribution >= 0.6 is 0 Å². The van der Waals surface area contributed by atoms with Crippen LogP contribution in [0.1, 0.15) is 50.7 Å². The van der Waals surface area contributed by atoms with Crippen molar-refractivity contribution in [2.75, 3.05) is 19.8 Å². The van der Waals surface area contributed by atoms with Gasteiger partial charge in [0.05, 0.1) is 18.9 Å². The van der Waals surface area contributed by atoms with Gasteiger partial charge in [-0.05, 0) is 35.1 Å². The fraction of sp³-hybridized carbons (Fsp3) is 0.444. The summed E-state index contributed by atoms with van der Waals surface area (Å²) in [7, 11) is 0. The van der Waals surface area contributed by atoms with Gasteiger partial charge >= 0.3 is 12.1 Å². The lowest BCUT2D eigenvalue weighted by molar-refractivity contribution is -0.138. The number of carboxylic acid groups (broad SMARTS) is 1. The lowest BCUT2D eigenvalue weighted by Gasteiger charge is -2.23.